The highest BCUT2D eigenvalue weighted by molar-refractivity contribution is 7.09. The van der Waals surface area contributed by atoms with Crippen LogP contribution in [0.3, 0.4) is 0 Å². The van der Waals surface area contributed by atoms with Crippen molar-refractivity contribution in [3.8, 4) is 11.6 Å². The zero-order chi connectivity index (χ0) is 23.8. The van der Waals surface area contributed by atoms with Crippen LogP contribution in [-0.2, 0) is 17.3 Å². The van der Waals surface area contributed by atoms with Crippen LogP contribution in [0.5, 0.6) is 11.6 Å². The van der Waals surface area contributed by atoms with E-state index in [1.165, 1.54) is 30.4 Å². The van der Waals surface area contributed by atoms with Gasteiger partial charge in [-0.1, -0.05) is 44.0 Å². The van der Waals surface area contributed by atoms with E-state index in [1.807, 2.05) is 17.5 Å². The molecule has 0 radical (unpaired) electrons. The lowest BCUT2D eigenvalue weighted by molar-refractivity contribution is -0.00866. The molecule has 3 rings (SSSR count). The number of alkyl halides is 2. The molecule has 1 unspecified atom stereocenters. The molecule has 0 saturated heterocycles. The first-order chi connectivity index (χ1) is 15.9. The quantitative estimate of drug-likeness (QED) is 0.125. The molecule has 4 nitrogen and oxygen atoms in total. The molecule has 3 aromatic rings. The van der Waals surface area contributed by atoms with Crippen LogP contribution in [0.4, 0.5) is 8.78 Å². The molecule has 1 atom stereocenters. The van der Waals surface area contributed by atoms with Crippen molar-refractivity contribution in [1.82, 2.24) is 9.97 Å². The van der Waals surface area contributed by atoms with Crippen LogP contribution in [0.1, 0.15) is 36.8 Å². The smallest absolute Gasteiger partial charge is 0.274 e. The highest BCUT2D eigenvalue weighted by atomic mass is 32.1. The Morgan fingerprint density at radius 1 is 1.24 bits per heavy atom. The second-order valence-electron chi connectivity index (χ2n) is 7.09. The van der Waals surface area contributed by atoms with Crippen molar-refractivity contribution < 1.29 is 19.7 Å². The maximum atomic E-state index is 13.7. The Hall–Kier alpha value is -3.54. The summed E-state index contributed by atoms with van der Waals surface area (Å²) >= 11 is 1.52. The van der Waals surface area contributed by atoms with Crippen LogP contribution >= 0.6 is 11.3 Å². The maximum absolute atomic E-state index is 13.7. The predicted molar refractivity (Wildman–Crippen MR) is 129 cm³/mol. The van der Waals surface area contributed by atoms with E-state index in [0.29, 0.717) is 17.1 Å². The first-order valence-electron chi connectivity index (χ1n) is 10.2. The van der Waals surface area contributed by atoms with E-state index >= 15 is 0 Å². The summed E-state index contributed by atoms with van der Waals surface area (Å²) in [6.45, 7) is 13.4. The van der Waals surface area contributed by atoms with Crippen molar-refractivity contribution in [2.75, 3.05) is 0 Å². The summed E-state index contributed by atoms with van der Waals surface area (Å²) in [6, 6.07) is 9.94. The van der Waals surface area contributed by atoms with Crippen molar-refractivity contribution in [3.05, 3.63) is 113 Å². The van der Waals surface area contributed by atoms with E-state index in [1.54, 1.807) is 24.4 Å². The average molecular weight is 469 g/mol. The molecule has 33 heavy (non-hydrogen) atoms. The third-order valence-corrected chi connectivity index (χ3v) is 5.77. The molecule has 7 heteroatoms. The van der Waals surface area contributed by atoms with E-state index in [4.69, 9.17) is 9.47 Å². The van der Waals surface area contributed by atoms with Crippen molar-refractivity contribution in [2.24, 2.45) is 0 Å². The molecule has 0 aliphatic heterocycles. The lowest BCUT2D eigenvalue weighted by atomic mass is 10.00. The zero-order valence-electron chi connectivity index (χ0n) is 18.3. The summed E-state index contributed by atoms with van der Waals surface area (Å²) in [5, 5.41) is 2.76. The number of aromatic nitrogens is 2. The number of ether oxygens (including phenoxy) is 2. The van der Waals surface area contributed by atoms with Gasteiger partial charge in [-0.25, -0.2) is 18.7 Å². The van der Waals surface area contributed by atoms with Crippen LogP contribution in [0.25, 0.3) is 0 Å². The van der Waals surface area contributed by atoms with Gasteiger partial charge in [0.1, 0.15) is 17.4 Å². The second kappa shape index (κ2) is 10.9. The van der Waals surface area contributed by atoms with Gasteiger partial charge in [-0.2, -0.15) is 0 Å². The van der Waals surface area contributed by atoms with Crippen molar-refractivity contribution in [2.45, 2.75) is 31.8 Å². The standard InChI is InChI=1S/C26H24F2N2O2S.H2/c1-5-22(25-29-14-15-33-25)18(4)23(6-2)31-17-19-8-11-21(12-9-19)32-24-13-10-20(16-30-24)26(27,28)7-3;/h5,8-16,22H,1-2,4,7,17H2,3H3;1H. The molecule has 0 aliphatic carbocycles. The van der Waals surface area contributed by atoms with E-state index in [-0.39, 0.29) is 31.8 Å². The molecule has 0 amide bonds. The molecule has 172 valence electrons. The first-order valence-corrected chi connectivity index (χ1v) is 11.1. The number of benzene rings is 1. The van der Waals surface area contributed by atoms with E-state index < -0.39 is 5.92 Å². The summed E-state index contributed by atoms with van der Waals surface area (Å²) in [6.07, 6.45) is 4.35. The van der Waals surface area contributed by atoms with E-state index in [2.05, 4.69) is 35.4 Å². The van der Waals surface area contributed by atoms with Gasteiger partial charge >= 0.3 is 0 Å². The molecular formula is C26H26F2N2O2S. The number of pyridine rings is 1. The fourth-order valence-corrected chi connectivity index (χ4v) is 3.74. The third-order valence-electron chi connectivity index (χ3n) is 4.91. The van der Waals surface area contributed by atoms with E-state index in [0.717, 1.165) is 16.8 Å². The molecule has 0 aliphatic rings. The molecule has 1 aromatic carbocycles. The topological polar surface area (TPSA) is 44.2 Å². The number of nitrogens with zero attached hydrogens (tertiary/aromatic N) is 2. The molecule has 2 aromatic heterocycles. The fraction of sp³-hybridized carbons (Fsp3) is 0.192. The Labute approximate surface area is 197 Å². The van der Waals surface area contributed by atoms with Crippen LogP contribution in [0.2, 0.25) is 0 Å². The number of allylic oxidation sites excluding steroid dienone is 2. The minimum absolute atomic E-state index is 0. The lowest BCUT2D eigenvalue weighted by Gasteiger charge is -2.16. The Bertz CT molecular complexity index is 1140. The number of rotatable bonds is 11. The van der Waals surface area contributed by atoms with Crippen molar-refractivity contribution >= 4 is 11.3 Å². The van der Waals surface area contributed by atoms with Gasteiger partial charge in [0, 0.05) is 42.8 Å². The summed E-state index contributed by atoms with van der Waals surface area (Å²) in [7, 11) is 0. The monoisotopic (exact) mass is 468 g/mol. The highest BCUT2D eigenvalue weighted by Crippen LogP contribution is 2.33. The van der Waals surface area contributed by atoms with Gasteiger partial charge in [-0.3, -0.25) is 0 Å². The normalized spacial score (nSPS) is 11.8. The van der Waals surface area contributed by atoms with Crippen LogP contribution in [-0.4, -0.2) is 9.97 Å². The van der Waals surface area contributed by atoms with Gasteiger partial charge < -0.3 is 9.47 Å². The minimum Gasteiger partial charge on any atom is -0.481 e. The molecule has 0 bridgehead atoms. The Kier molecular flexibility index (Phi) is 7.93. The average Bonchev–Trinajstić information content (AvgIpc) is 3.36. The van der Waals surface area contributed by atoms with Crippen LogP contribution in [0, 0.1) is 0 Å². The minimum atomic E-state index is -2.90. The fourth-order valence-electron chi connectivity index (χ4n) is 2.97. The van der Waals surface area contributed by atoms with Crippen LogP contribution < -0.4 is 4.74 Å². The number of halogens is 2. The number of hydrogen-bond donors (Lipinski definition) is 0. The van der Waals surface area contributed by atoms with Gasteiger partial charge in [-0.05, 0) is 23.8 Å². The Balaban J connectivity index is 0.00000408. The van der Waals surface area contributed by atoms with Gasteiger partial charge in [0.15, 0.2) is 5.76 Å². The molecule has 2 heterocycles. The van der Waals surface area contributed by atoms with Crippen LogP contribution in [0.15, 0.2) is 97.0 Å². The third kappa shape index (κ3) is 6.04. The molecule has 0 spiro atoms. The summed E-state index contributed by atoms with van der Waals surface area (Å²) in [5.74, 6) is -1.87. The Morgan fingerprint density at radius 3 is 2.55 bits per heavy atom. The Morgan fingerprint density at radius 2 is 2.00 bits per heavy atom. The van der Waals surface area contributed by atoms with Crippen molar-refractivity contribution in [1.29, 1.82) is 0 Å². The van der Waals surface area contributed by atoms with Gasteiger partial charge in [-0.15, -0.1) is 17.9 Å². The molecular weight excluding hydrogens is 442 g/mol. The predicted octanol–water partition coefficient (Wildman–Crippen LogP) is 7.79. The zero-order valence-corrected chi connectivity index (χ0v) is 19.1. The summed E-state index contributed by atoms with van der Waals surface area (Å²) in [5.41, 5.74) is 4.23. The van der Waals surface area contributed by atoms with Gasteiger partial charge in [0.25, 0.3) is 5.92 Å². The number of thiazole rings is 1. The molecule has 0 fully saturated rings. The second-order valence-corrected chi connectivity index (χ2v) is 8.02. The first kappa shape index (κ1) is 24.1. The SMILES string of the molecule is C=C=C(OCc1ccc(Oc2ccc(C(F)(F)CC)cn2)cc1)C(=C)C(C=C)c1nccs1.[HH]. The summed E-state index contributed by atoms with van der Waals surface area (Å²) in [4.78, 5) is 8.30. The number of hydrogen-bond acceptors (Lipinski definition) is 5. The largest absolute Gasteiger partial charge is 0.481 e. The lowest BCUT2D eigenvalue weighted by Crippen LogP contribution is -2.11. The van der Waals surface area contributed by atoms with E-state index in [9.17, 15) is 8.78 Å². The van der Waals surface area contributed by atoms with Gasteiger partial charge in [0.05, 0.1) is 5.92 Å². The molecule has 0 saturated carbocycles. The molecule has 0 N–H and O–H groups in total. The summed E-state index contributed by atoms with van der Waals surface area (Å²) < 4.78 is 39.0. The highest BCUT2D eigenvalue weighted by Gasteiger charge is 2.29. The van der Waals surface area contributed by atoms with Gasteiger partial charge in [0.2, 0.25) is 5.88 Å². The maximum Gasteiger partial charge on any atom is 0.274 e. The van der Waals surface area contributed by atoms with Crippen molar-refractivity contribution in [3.63, 3.8) is 0 Å².